The lowest BCUT2D eigenvalue weighted by atomic mass is 10.1. The standard InChI is InChI=1S/C19H22N2O2/c1-12(2)23-16-8-6-15(7-9-16)18-19(14(4)22)21-11-13(3)5-10-17(21)20-18/h5-12,14,22H,1-4H3. The van der Waals surface area contributed by atoms with Crippen molar-refractivity contribution in [3.8, 4) is 17.0 Å². The van der Waals surface area contributed by atoms with Crippen molar-refractivity contribution in [2.75, 3.05) is 0 Å². The topological polar surface area (TPSA) is 46.8 Å². The third-order valence-electron chi connectivity index (χ3n) is 3.70. The SMILES string of the molecule is Cc1ccc2nc(-c3ccc(OC(C)C)cc3)c(C(C)O)n2c1. The molecule has 0 aliphatic heterocycles. The Morgan fingerprint density at radius 1 is 1.04 bits per heavy atom. The summed E-state index contributed by atoms with van der Waals surface area (Å²) in [6, 6.07) is 11.8. The molecule has 1 N–H and O–H groups in total. The smallest absolute Gasteiger partial charge is 0.137 e. The molecule has 0 radical (unpaired) electrons. The van der Waals surface area contributed by atoms with Crippen molar-refractivity contribution in [3.63, 3.8) is 0 Å². The molecule has 0 aliphatic carbocycles. The molecule has 0 spiro atoms. The van der Waals surface area contributed by atoms with E-state index in [9.17, 15) is 5.11 Å². The molecule has 0 bridgehead atoms. The second kappa shape index (κ2) is 6.05. The predicted molar refractivity (Wildman–Crippen MR) is 91.8 cm³/mol. The van der Waals surface area contributed by atoms with Gasteiger partial charge in [0.2, 0.25) is 0 Å². The van der Waals surface area contributed by atoms with Crippen molar-refractivity contribution in [2.45, 2.75) is 39.9 Å². The molecular formula is C19H22N2O2. The number of hydrogen-bond acceptors (Lipinski definition) is 3. The maximum Gasteiger partial charge on any atom is 0.137 e. The van der Waals surface area contributed by atoms with Gasteiger partial charge in [-0.2, -0.15) is 0 Å². The zero-order valence-electron chi connectivity index (χ0n) is 13.9. The zero-order chi connectivity index (χ0) is 16.6. The van der Waals surface area contributed by atoms with Crippen LogP contribution in [0.1, 0.15) is 38.1 Å². The molecule has 120 valence electrons. The highest BCUT2D eigenvalue weighted by Gasteiger charge is 2.18. The normalized spacial score (nSPS) is 12.8. The molecule has 4 nitrogen and oxygen atoms in total. The predicted octanol–water partition coefficient (Wildman–Crippen LogP) is 4.15. The van der Waals surface area contributed by atoms with Gasteiger partial charge < -0.3 is 14.2 Å². The van der Waals surface area contributed by atoms with Crippen molar-refractivity contribution in [1.29, 1.82) is 0 Å². The number of aromatic nitrogens is 2. The van der Waals surface area contributed by atoms with Gasteiger partial charge in [0.25, 0.3) is 0 Å². The fourth-order valence-electron chi connectivity index (χ4n) is 2.74. The number of aliphatic hydroxyl groups is 1. The number of ether oxygens (including phenoxy) is 1. The minimum atomic E-state index is -0.603. The fraction of sp³-hybridized carbons (Fsp3) is 0.316. The van der Waals surface area contributed by atoms with E-state index in [0.29, 0.717) is 0 Å². The number of aryl methyl sites for hydroxylation is 1. The van der Waals surface area contributed by atoms with Crippen LogP contribution in [0.5, 0.6) is 5.75 Å². The average Bonchev–Trinajstić information content (AvgIpc) is 2.86. The van der Waals surface area contributed by atoms with Crippen LogP contribution in [0.15, 0.2) is 42.6 Å². The number of hydrogen-bond donors (Lipinski definition) is 1. The Labute approximate surface area is 136 Å². The van der Waals surface area contributed by atoms with Crippen LogP contribution in [0.2, 0.25) is 0 Å². The summed E-state index contributed by atoms with van der Waals surface area (Å²) in [6.07, 6.45) is 1.55. The summed E-state index contributed by atoms with van der Waals surface area (Å²) in [7, 11) is 0. The molecule has 0 amide bonds. The maximum atomic E-state index is 10.2. The molecule has 2 aromatic heterocycles. The van der Waals surface area contributed by atoms with E-state index >= 15 is 0 Å². The van der Waals surface area contributed by atoms with E-state index < -0.39 is 6.10 Å². The molecule has 3 aromatic rings. The first-order valence-corrected chi connectivity index (χ1v) is 7.89. The number of nitrogens with zero attached hydrogens (tertiary/aromatic N) is 2. The van der Waals surface area contributed by atoms with Crippen molar-refractivity contribution in [3.05, 3.63) is 53.9 Å². The van der Waals surface area contributed by atoms with Crippen LogP contribution in [0.3, 0.4) is 0 Å². The summed E-state index contributed by atoms with van der Waals surface area (Å²) in [4.78, 5) is 4.70. The van der Waals surface area contributed by atoms with Gasteiger partial charge in [-0.3, -0.25) is 0 Å². The molecule has 2 heterocycles. The molecule has 0 aliphatic rings. The average molecular weight is 310 g/mol. The molecular weight excluding hydrogens is 288 g/mol. The monoisotopic (exact) mass is 310 g/mol. The van der Waals surface area contributed by atoms with Gasteiger partial charge >= 0.3 is 0 Å². The van der Waals surface area contributed by atoms with E-state index in [-0.39, 0.29) is 6.10 Å². The third kappa shape index (κ3) is 3.08. The van der Waals surface area contributed by atoms with Crippen LogP contribution in [0, 0.1) is 6.92 Å². The van der Waals surface area contributed by atoms with Gasteiger partial charge in [0, 0.05) is 11.8 Å². The van der Waals surface area contributed by atoms with E-state index in [1.807, 2.05) is 67.8 Å². The number of rotatable bonds is 4. The van der Waals surface area contributed by atoms with E-state index in [4.69, 9.17) is 9.72 Å². The van der Waals surface area contributed by atoms with Crippen LogP contribution in [-0.4, -0.2) is 20.6 Å². The Bertz CT molecular complexity index is 817. The highest BCUT2D eigenvalue weighted by Crippen LogP contribution is 2.30. The van der Waals surface area contributed by atoms with Crippen molar-refractivity contribution in [1.82, 2.24) is 9.38 Å². The molecule has 1 unspecified atom stereocenters. The first-order chi connectivity index (χ1) is 11.0. The van der Waals surface area contributed by atoms with Crippen LogP contribution in [0.4, 0.5) is 0 Å². The Morgan fingerprint density at radius 2 is 1.74 bits per heavy atom. The number of benzene rings is 1. The Kier molecular flexibility index (Phi) is 4.09. The zero-order valence-corrected chi connectivity index (χ0v) is 13.9. The summed E-state index contributed by atoms with van der Waals surface area (Å²) in [5.41, 5.74) is 4.55. The highest BCUT2D eigenvalue weighted by atomic mass is 16.5. The van der Waals surface area contributed by atoms with Gasteiger partial charge in [0.1, 0.15) is 11.4 Å². The molecule has 0 saturated carbocycles. The molecule has 1 atom stereocenters. The molecule has 4 heteroatoms. The van der Waals surface area contributed by atoms with Gasteiger partial charge in [-0.15, -0.1) is 0 Å². The summed E-state index contributed by atoms with van der Waals surface area (Å²) in [5, 5.41) is 10.2. The van der Waals surface area contributed by atoms with Gasteiger partial charge in [-0.1, -0.05) is 6.07 Å². The van der Waals surface area contributed by atoms with Crippen molar-refractivity contribution in [2.24, 2.45) is 0 Å². The second-order valence-corrected chi connectivity index (χ2v) is 6.15. The van der Waals surface area contributed by atoms with E-state index in [1.165, 1.54) is 0 Å². The quantitative estimate of drug-likeness (QED) is 0.787. The van der Waals surface area contributed by atoms with Crippen LogP contribution in [-0.2, 0) is 0 Å². The third-order valence-corrected chi connectivity index (χ3v) is 3.70. The maximum absolute atomic E-state index is 10.2. The molecule has 0 fully saturated rings. The second-order valence-electron chi connectivity index (χ2n) is 6.15. The van der Waals surface area contributed by atoms with Crippen LogP contribution in [0.25, 0.3) is 16.9 Å². The Balaban J connectivity index is 2.10. The number of fused-ring (bicyclic) bond motifs is 1. The van der Waals surface area contributed by atoms with Gasteiger partial charge in [0.15, 0.2) is 0 Å². The molecule has 23 heavy (non-hydrogen) atoms. The Morgan fingerprint density at radius 3 is 2.35 bits per heavy atom. The van der Waals surface area contributed by atoms with E-state index in [0.717, 1.165) is 33.9 Å². The number of aliphatic hydroxyl groups excluding tert-OH is 1. The summed E-state index contributed by atoms with van der Waals surface area (Å²) in [5.74, 6) is 0.835. The lowest BCUT2D eigenvalue weighted by Gasteiger charge is -2.11. The minimum absolute atomic E-state index is 0.145. The van der Waals surface area contributed by atoms with Crippen LogP contribution < -0.4 is 4.74 Å². The number of pyridine rings is 1. The summed E-state index contributed by atoms with van der Waals surface area (Å²) in [6.45, 7) is 7.81. The van der Waals surface area contributed by atoms with Crippen LogP contribution >= 0.6 is 0 Å². The number of imidazole rings is 1. The minimum Gasteiger partial charge on any atom is -0.491 e. The molecule has 3 rings (SSSR count). The molecule has 1 aromatic carbocycles. The summed E-state index contributed by atoms with van der Waals surface area (Å²) < 4.78 is 7.65. The lowest BCUT2D eigenvalue weighted by molar-refractivity contribution is 0.194. The van der Waals surface area contributed by atoms with Gasteiger partial charge in [-0.05, 0) is 63.6 Å². The van der Waals surface area contributed by atoms with E-state index in [2.05, 4.69) is 0 Å². The summed E-state index contributed by atoms with van der Waals surface area (Å²) >= 11 is 0. The Hall–Kier alpha value is -2.33. The lowest BCUT2D eigenvalue weighted by Crippen LogP contribution is -2.05. The van der Waals surface area contributed by atoms with Gasteiger partial charge in [-0.25, -0.2) is 4.98 Å². The van der Waals surface area contributed by atoms with Gasteiger partial charge in [0.05, 0.1) is 23.6 Å². The fourth-order valence-corrected chi connectivity index (χ4v) is 2.74. The van der Waals surface area contributed by atoms with Crippen molar-refractivity contribution < 1.29 is 9.84 Å². The van der Waals surface area contributed by atoms with Crippen molar-refractivity contribution >= 4 is 5.65 Å². The molecule has 0 saturated heterocycles. The largest absolute Gasteiger partial charge is 0.491 e. The first kappa shape index (κ1) is 15.6. The van der Waals surface area contributed by atoms with E-state index in [1.54, 1.807) is 6.92 Å². The highest BCUT2D eigenvalue weighted by molar-refractivity contribution is 5.67. The first-order valence-electron chi connectivity index (χ1n) is 7.89.